The second kappa shape index (κ2) is 7.48. The first-order chi connectivity index (χ1) is 13.8. The van der Waals surface area contributed by atoms with Crippen LogP contribution in [0.2, 0.25) is 0 Å². The van der Waals surface area contributed by atoms with Gasteiger partial charge in [-0.1, -0.05) is 0 Å². The number of fused-ring (bicyclic) bond motifs is 1. The zero-order valence-electron chi connectivity index (χ0n) is 16.2. The molecule has 5 heterocycles. The van der Waals surface area contributed by atoms with Gasteiger partial charge >= 0.3 is 0 Å². The zero-order chi connectivity index (χ0) is 18.9. The number of piperidine rings is 1. The molecule has 5 rings (SSSR count). The van der Waals surface area contributed by atoms with Crippen molar-refractivity contribution in [2.45, 2.75) is 31.7 Å². The fourth-order valence-corrected chi connectivity index (χ4v) is 4.43. The first kappa shape index (κ1) is 17.6. The normalized spacial score (nSPS) is 21.3. The minimum Gasteiger partial charge on any atom is -0.377 e. The van der Waals surface area contributed by atoms with Crippen molar-refractivity contribution in [3.8, 4) is 11.4 Å². The summed E-state index contributed by atoms with van der Waals surface area (Å²) >= 11 is 0. The Morgan fingerprint density at radius 3 is 2.86 bits per heavy atom. The summed E-state index contributed by atoms with van der Waals surface area (Å²) in [4.78, 5) is 12.1. The van der Waals surface area contributed by atoms with Gasteiger partial charge in [-0.15, -0.1) is 0 Å². The fourth-order valence-electron chi connectivity index (χ4n) is 4.43. The lowest BCUT2D eigenvalue weighted by atomic mass is 9.88. The Labute approximate surface area is 164 Å². The monoisotopic (exact) mass is 378 g/mol. The van der Waals surface area contributed by atoms with E-state index in [1.165, 1.54) is 10.9 Å². The Kier molecular flexibility index (Phi) is 4.70. The van der Waals surface area contributed by atoms with E-state index in [-0.39, 0.29) is 0 Å². The number of nitrogens with one attached hydrogen (secondary N) is 2. The second-order valence-corrected chi connectivity index (χ2v) is 7.74. The molecule has 1 atom stereocenters. The summed E-state index contributed by atoms with van der Waals surface area (Å²) in [6, 6.07) is 6.70. The van der Waals surface area contributed by atoms with Gasteiger partial charge in [0.15, 0.2) is 0 Å². The van der Waals surface area contributed by atoms with E-state index in [9.17, 15) is 0 Å². The standard InChI is InChI=1S/C21H26N6O/c1-14-13-28-11-10-27(14)19-12-17(15-2-6-22-7-3-15)16-4-8-23-21(20(16)25-19)18-5-9-24-26-18/h4-5,8-9,12,14-15,22H,2-3,6-7,10-11,13H2,1H3,(H,24,26)/t14-/m1/s1. The smallest absolute Gasteiger partial charge is 0.130 e. The van der Waals surface area contributed by atoms with Crippen LogP contribution < -0.4 is 10.2 Å². The van der Waals surface area contributed by atoms with Crippen LogP contribution in [-0.4, -0.2) is 59.1 Å². The molecule has 0 amide bonds. The summed E-state index contributed by atoms with van der Waals surface area (Å²) in [5.41, 5.74) is 4.12. The molecule has 2 aliphatic rings. The maximum absolute atomic E-state index is 5.65. The molecule has 2 aliphatic heterocycles. The van der Waals surface area contributed by atoms with Crippen molar-refractivity contribution in [2.75, 3.05) is 37.7 Å². The zero-order valence-corrected chi connectivity index (χ0v) is 16.2. The van der Waals surface area contributed by atoms with Crippen molar-refractivity contribution in [1.82, 2.24) is 25.5 Å². The van der Waals surface area contributed by atoms with Crippen molar-refractivity contribution in [3.05, 3.63) is 36.2 Å². The predicted octanol–water partition coefficient (Wildman–Crippen LogP) is 2.71. The molecule has 0 bridgehead atoms. The van der Waals surface area contributed by atoms with Crippen LogP contribution in [-0.2, 0) is 4.74 Å². The van der Waals surface area contributed by atoms with E-state index in [0.29, 0.717) is 12.0 Å². The fraction of sp³-hybridized carbons (Fsp3) is 0.476. The summed E-state index contributed by atoms with van der Waals surface area (Å²) in [5.74, 6) is 1.57. The molecule has 146 valence electrons. The molecular formula is C21H26N6O. The number of anilines is 1. The van der Waals surface area contributed by atoms with Gasteiger partial charge in [0, 0.05) is 24.3 Å². The molecule has 0 spiro atoms. The molecule has 3 aromatic rings. The van der Waals surface area contributed by atoms with Crippen LogP contribution in [0, 0.1) is 0 Å². The highest BCUT2D eigenvalue weighted by Gasteiger charge is 2.25. The molecule has 0 saturated carbocycles. The summed E-state index contributed by atoms with van der Waals surface area (Å²) in [5, 5.41) is 11.9. The van der Waals surface area contributed by atoms with Gasteiger partial charge < -0.3 is 15.0 Å². The van der Waals surface area contributed by atoms with E-state index in [0.717, 1.165) is 68.4 Å². The van der Waals surface area contributed by atoms with E-state index >= 15 is 0 Å². The first-order valence-electron chi connectivity index (χ1n) is 10.2. The topological polar surface area (TPSA) is 79.0 Å². The van der Waals surface area contributed by atoms with Crippen LogP contribution in [0.5, 0.6) is 0 Å². The van der Waals surface area contributed by atoms with E-state index in [2.05, 4.69) is 44.5 Å². The minimum atomic E-state index is 0.312. The second-order valence-electron chi connectivity index (χ2n) is 7.74. The largest absolute Gasteiger partial charge is 0.377 e. The molecule has 7 nitrogen and oxygen atoms in total. The summed E-state index contributed by atoms with van der Waals surface area (Å²) in [6.45, 7) is 6.68. The third-order valence-electron chi connectivity index (χ3n) is 5.94. The van der Waals surface area contributed by atoms with Crippen LogP contribution in [0.25, 0.3) is 22.3 Å². The number of aromatic amines is 1. The Morgan fingerprint density at radius 1 is 1.18 bits per heavy atom. The maximum atomic E-state index is 5.65. The van der Waals surface area contributed by atoms with Gasteiger partial charge in [0.2, 0.25) is 0 Å². The lowest BCUT2D eigenvalue weighted by molar-refractivity contribution is 0.0985. The summed E-state index contributed by atoms with van der Waals surface area (Å²) in [7, 11) is 0. The van der Waals surface area contributed by atoms with Gasteiger partial charge in [-0.3, -0.25) is 10.1 Å². The Hall–Kier alpha value is -2.51. The number of hydrogen-bond donors (Lipinski definition) is 2. The average Bonchev–Trinajstić information content (AvgIpc) is 3.28. The number of rotatable bonds is 3. The Bertz CT molecular complexity index is 951. The lowest BCUT2D eigenvalue weighted by Crippen LogP contribution is -2.44. The van der Waals surface area contributed by atoms with Crippen LogP contribution in [0.3, 0.4) is 0 Å². The summed E-state index contributed by atoms with van der Waals surface area (Å²) in [6.07, 6.45) is 5.96. The molecule has 3 aromatic heterocycles. The molecular weight excluding hydrogens is 352 g/mol. The molecule has 0 aromatic carbocycles. The number of morpholine rings is 1. The molecule has 0 unspecified atom stereocenters. The number of ether oxygens (including phenoxy) is 1. The van der Waals surface area contributed by atoms with Crippen LogP contribution in [0.15, 0.2) is 30.6 Å². The molecule has 0 radical (unpaired) electrons. The van der Waals surface area contributed by atoms with E-state index in [1.54, 1.807) is 6.20 Å². The molecule has 2 saturated heterocycles. The third kappa shape index (κ3) is 3.14. The van der Waals surface area contributed by atoms with Crippen molar-refractivity contribution in [1.29, 1.82) is 0 Å². The molecule has 2 fully saturated rings. The lowest BCUT2D eigenvalue weighted by Gasteiger charge is -2.35. The van der Waals surface area contributed by atoms with Crippen LogP contribution in [0.1, 0.15) is 31.2 Å². The Morgan fingerprint density at radius 2 is 2.07 bits per heavy atom. The quantitative estimate of drug-likeness (QED) is 0.730. The number of pyridine rings is 2. The third-order valence-corrected chi connectivity index (χ3v) is 5.94. The summed E-state index contributed by atoms with van der Waals surface area (Å²) < 4.78 is 5.65. The van der Waals surface area contributed by atoms with Crippen LogP contribution >= 0.6 is 0 Å². The van der Waals surface area contributed by atoms with Gasteiger partial charge in [0.25, 0.3) is 0 Å². The number of nitrogens with zero attached hydrogens (tertiary/aromatic N) is 4. The van der Waals surface area contributed by atoms with E-state index < -0.39 is 0 Å². The van der Waals surface area contributed by atoms with Gasteiger partial charge in [-0.2, -0.15) is 5.10 Å². The van der Waals surface area contributed by atoms with E-state index in [4.69, 9.17) is 9.72 Å². The predicted molar refractivity (Wildman–Crippen MR) is 110 cm³/mol. The van der Waals surface area contributed by atoms with Crippen LogP contribution in [0.4, 0.5) is 5.82 Å². The van der Waals surface area contributed by atoms with Crippen molar-refractivity contribution < 1.29 is 4.74 Å². The van der Waals surface area contributed by atoms with Gasteiger partial charge in [-0.05, 0) is 62.5 Å². The highest BCUT2D eigenvalue weighted by atomic mass is 16.5. The number of hydrogen-bond acceptors (Lipinski definition) is 6. The molecule has 0 aliphatic carbocycles. The average molecular weight is 378 g/mol. The van der Waals surface area contributed by atoms with Gasteiger partial charge in [0.05, 0.1) is 24.9 Å². The van der Waals surface area contributed by atoms with Crippen molar-refractivity contribution >= 4 is 16.7 Å². The van der Waals surface area contributed by atoms with E-state index in [1.807, 2.05) is 12.3 Å². The maximum Gasteiger partial charge on any atom is 0.130 e. The molecule has 28 heavy (non-hydrogen) atoms. The molecule has 2 N–H and O–H groups in total. The van der Waals surface area contributed by atoms with Gasteiger partial charge in [0.1, 0.15) is 17.0 Å². The SMILES string of the molecule is C[C@@H]1COCCN1c1cc(C2CCNCC2)c2ccnc(-c3ccn[nH]3)c2n1. The van der Waals surface area contributed by atoms with Gasteiger partial charge in [-0.25, -0.2) is 4.98 Å². The van der Waals surface area contributed by atoms with Crippen molar-refractivity contribution in [2.24, 2.45) is 0 Å². The van der Waals surface area contributed by atoms with Crippen molar-refractivity contribution in [3.63, 3.8) is 0 Å². The highest BCUT2D eigenvalue weighted by molar-refractivity contribution is 5.94. The number of H-pyrrole nitrogens is 1. The Balaban J connectivity index is 1.70. The molecule has 7 heteroatoms. The minimum absolute atomic E-state index is 0.312. The first-order valence-corrected chi connectivity index (χ1v) is 10.2. The number of aromatic nitrogens is 4. The highest BCUT2D eigenvalue weighted by Crippen LogP contribution is 2.36.